The van der Waals surface area contributed by atoms with Crippen molar-refractivity contribution in [2.75, 3.05) is 13.7 Å². The van der Waals surface area contributed by atoms with Crippen molar-refractivity contribution in [2.24, 2.45) is 23.2 Å². The Morgan fingerprint density at radius 1 is 1.27 bits per heavy atom. The number of carbonyl (C=O) groups excluding carboxylic acids is 1. The van der Waals surface area contributed by atoms with E-state index in [1.807, 2.05) is 6.92 Å². The lowest BCUT2D eigenvalue weighted by Crippen LogP contribution is -2.42. The molecule has 2 atom stereocenters. The van der Waals surface area contributed by atoms with Gasteiger partial charge in [-0.25, -0.2) is 4.89 Å². The lowest BCUT2D eigenvalue weighted by atomic mass is 9.59. The first-order chi connectivity index (χ1) is 10.2. The second-order valence-electron chi connectivity index (χ2n) is 7.04. The zero-order valence-corrected chi connectivity index (χ0v) is 14.1. The molecule has 0 radical (unpaired) electrons. The molecule has 0 amide bonds. The number of esters is 1. The second kappa shape index (κ2) is 7.01. The number of halogens is 2. The Kier molecular flexibility index (Phi) is 5.72. The Labute approximate surface area is 134 Å². The van der Waals surface area contributed by atoms with E-state index in [0.717, 1.165) is 39.2 Å². The van der Waals surface area contributed by atoms with Gasteiger partial charge in [-0.1, -0.05) is 6.92 Å². The summed E-state index contributed by atoms with van der Waals surface area (Å²) in [6, 6.07) is 0. The third-order valence-corrected chi connectivity index (χ3v) is 5.27. The van der Waals surface area contributed by atoms with Crippen LogP contribution in [0, 0.1) is 23.2 Å². The number of alkyl halides is 2. The SMILES string of the molecule is COOSC(F)(F)COC(=O)C1(C)CC2CC(C)CC(C2)C1. The summed E-state index contributed by atoms with van der Waals surface area (Å²) < 4.78 is 35.9. The fraction of sp³-hybridized carbons (Fsp3) is 0.933. The fourth-order valence-electron chi connectivity index (χ4n) is 4.19. The molecule has 2 fully saturated rings. The van der Waals surface area contributed by atoms with Gasteiger partial charge in [0.15, 0.2) is 6.61 Å². The number of hydrogen-bond acceptors (Lipinski definition) is 5. The van der Waals surface area contributed by atoms with Crippen LogP contribution in [-0.2, 0) is 18.8 Å². The van der Waals surface area contributed by atoms with E-state index in [-0.39, 0.29) is 12.0 Å². The Bertz CT molecular complexity index is 387. The Morgan fingerprint density at radius 3 is 2.41 bits per heavy atom. The molecule has 128 valence electrons. The van der Waals surface area contributed by atoms with Gasteiger partial charge in [0.25, 0.3) is 0 Å². The third kappa shape index (κ3) is 4.55. The molecule has 2 rings (SSSR count). The minimum absolute atomic E-state index is 0.149. The highest BCUT2D eigenvalue weighted by molar-refractivity contribution is 7.95. The molecule has 7 heteroatoms. The first kappa shape index (κ1) is 17.9. The van der Waals surface area contributed by atoms with Crippen LogP contribution in [0.15, 0.2) is 0 Å². The van der Waals surface area contributed by atoms with E-state index in [0.29, 0.717) is 17.8 Å². The predicted octanol–water partition coefficient (Wildman–Crippen LogP) is 4.20. The van der Waals surface area contributed by atoms with Crippen molar-refractivity contribution in [1.82, 2.24) is 0 Å². The maximum Gasteiger partial charge on any atom is 0.354 e. The number of rotatable bonds is 6. The molecule has 0 aromatic rings. The molecule has 0 aromatic heterocycles. The zero-order valence-electron chi connectivity index (χ0n) is 13.3. The second-order valence-corrected chi connectivity index (χ2v) is 7.94. The lowest BCUT2D eigenvalue weighted by Gasteiger charge is -2.45. The smallest absolute Gasteiger partial charge is 0.354 e. The molecule has 0 heterocycles. The van der Waals surface area contributed by atoms with Gasteiger partial charge < -0.3 is 4.74 Å². The first-order valence-corrected chi connectivity index (χ1v) is 8.42. The van der Waals surface area contributed by atoms with Gasteiger partial charge in [-0.05, 0) is 56.8 Å². The minimum atomic E-state index is -3.32. The molecule has 4 nitrogen and oxygen atoms in total. The van der Waals surface area contributed by atoms with Crippen LogP contribution in [0.25, 0.3) is 0 Å². The summed E-state index contributed by atoms with van der Waals surface area (Å²) in [5.74, 6) is 1.18. The Hall–Kier alpha value is -0.400. The predicted molar refractivity (Wildman–Crippen MR) is 78.9 cm³/mol. The van der Waals surface area contributed by atoms with E-state index < -0.39 is 23.2 Å². The zero-order chi connectivity index (χ0) is 16.4. The van der Waals surface area contributed by atoms with Crippen LogP contribution in [0.5, 0.6) is 0 Å². The molecule has 22 heavy (non-hydrogen) atoms. The van der Waals surface area contributed by atoms with Crippen molar-refractivity contribution in [3.05, 3.63) is 0 Å². The topological polar surface area (TPSA) is 44.8 Å². The summed E-state index contributed by atoms with van der Waals surface area (Å²) in [4.78, 5) is 16.4. The molecule has 0 saturated heterocycles. The van der Waals surface area contributed by atoms with Crippen molar-refractivity contribution in [3.63, 3.8) is 0 Å². The highest BCUT2D eigenvalue weighted by Crippen LogP contribution is 2.50. The van der Waals surface area contributed by atoms with Gasteiger partial charge >= 0.3 is 11.2 Å². The van der Waals surface area contributed by atoms with E-state index in [4.69, 9.17) is 4.74 Å². The van der Waals surface area contributed by atoms with Crippen molar-refractivity contribution in [2.45, 2.75) is 51.2 Å². The maximum atomic E-state index is 13.4. The molecule has 2 bridgehead atoms. The maximum absolute atomic E-state index is 13.4. The average Bonchev–Trinajstić information content (AvgIpc) is 2.41. The first-order valence-electron chi connectivity index (χ1n) is 7.67. The van der Waals surface area contributed by atoms with Crippen LogP contribution < -0.4 is 0 Å². The molecule has 0 N–H and O–H groups in total. The summed E-state index contributed by atoms with van der Waals surface area (Å²) in [6.07, 6.45) is 4.86. The largest absolute Gasteiger partial charge is 0.458 e. The van der Waals surface area contributed by atoms with E-state index in [1.54, 1.807) is 0 Å². The molecule has 0 aromatic carbocycles. The van der Waals surface area contributed by atoms with Crippen LogP contribution in [0.1, 0.15) is 46.0 Å². The van der Waals surface area contributed by atoms with E-state index >= 15 is 0 Å². The highest BCUT2D eigenvalue weighted by atomic mass is 32.2. The van der Waals surface area contributed by atoms with Gasteiger partial charge in [-0.3, -0.25) is 4.79 Å². The molecule has 2 aliphatic carbocycles. The molecular weight excluding hydrogens is 314 g/mol. The van der Waals surface area contributed by atoms with Gasteiger partial charge in [0, 0.05) is 0 Å². The number of ether oxygens (including phenoxy) is 1. The summed E-state index contributed by atoms with van der Waals surface area (Å²) in [5, 5.41) is -3.32. The minimum Gasteiger partial charge on any atom is -0.458 e. The van der Waals surface area contributed by atoms with Gasteiger partial charge in [-0.15, -0.1) is 0 Å². The van der Waals surface area contributed by atoms with Crippen molar-refractivity contribution in [3.8, 4) is 0 Å². The lowest BCUT2D eigenvalue weighted by molar-refractivity contribution is -0.174. The summed E-state index contributed by atoms with van der Waals surface area (Å²) in [6.45, 7) is 3.09. The molecule has 0 aliphatic heterocycles. The van der Waals surface area contributed by atoms with Gasteiger partial charge in [0.2, 0.25) is 0 Å². The molecular formula is C15H24F2O4S. The van der Waals surface area contributed by atoms with Gasteiger partial charge in [0.05, 0.1) is 12.5 Å². The van der Waals surface area contributed by atoms with Gasteiger partial charge in [0.1, 0.15) is 12.0 Å². The molecule has 2 unspecified atom stereocenters. The van der Waals surface area contributed by atoms with Crippen LogP contribution in [-0.4, -0.2) is 24.9 Å². The third-order valence-electron chi connectivity index (χ3n) is 4.70. The van der Waals surface area contributed by atoms with Crippen molar-refractivity contribution < 1.29 is 27.5 Å². The quantitative estimate of drug-likeness (QED) is 0.314. The van der Waals surface area contributed by atoms with Crippen LogP contribution in [0.3, 0.4) is 0 Å². The Balaban J connectivity index is 1.89. The normalized spacial score (nSPS) is 35.2. The number of fused-ring (bicyclic) bond motifs is 2. The van der Waals surface area contributed by atoms with Crippen molar-refractivity contribution in [1.29, 1.82) is 0 Å². The van der Waals surface area contributed by atoms with Gasteiger partial charge in [-0.2, -0.15) is 13.1 Å². The highest BCUT2D eigenvalue weighted by Gasteiger charge is 2.47. The van der Waals surface area contributed by atoms with Crippen LogP contribution in [0.2, 0.25) is 0 Å². The number of hydrogen-bond donors (Lipinski definition) is 0. The summed E-state index contributed by atoms with van der Waals surface area (Å²) in [7, 11) is 1.14. The van der Waals surface area contributed by atoms with Crippen LogP contribution in [0.4, 0.5) is 8.78 Å². The van der Waals surface area contributed by atoms with E-state index in [1.165, 1.54) is 0 Å². The van der Waals surface area contributed by atoms with E-state index in [2.05, 4.69) is 16.1 Å². The van der Waals surface area contributed by atoms with Crippen LogP contribution >= 0.6 is 12.0 Å². The Morgan fingerprint density at radius 2 is 1.86 bits per heavy atom. The monoisotopic (exact) mass is 338 g/mol. The summed E-state index contributed by atoms with van der Waals surface area (Å²) >= 11 is -0.149. The summed E-state index contributed by atoms with van der Waals surface area (Å²) in [5.41, 5.74) is -0.642. The molecule has 2 aliphatic rings. The standard InChI is InChI=1S/C15H24F2O4S/c1-10-4-11-6-12(5-10)8-14(2,7-11)13(18)20-9-15(16,17)22-21-19-3/h10-12H,4-9H2,1-3H3. The molecule has 0 spiro atoms. The van der Waals surface area contributed by atoms with Crippen molar-refractivity contribution >= 4 is 18.0 Å². The fourth-order valence-corrected chi connectivity index (χ4v) is 4.46. The average molecular weight is 338 g/mol. The number of carbonyl (C=O) groups is 1. The van der Waals surface area contributed by atoms with E-state index in [9.17, 15) is 13.6 Å². The molecule has 2 saturated carbocycles.